The molecule has 0 aliphatic carbocycles. The van der Waals surface area contributed by atoms with Gasteiger partial charge in [0.25, 0.3) is 5.56 Å². The Hall–Kier alpha value is -3.41. The van der Waals surface area contributed by atoms with Crippen LogP contribution in [0.3, 0.4) is 0 Å². The van der Waals surface area contributed by atoms with Gasteiger partial charge in [-0.05, 0) is 37.6 Å². The fourth-order valence-corrected chi connectivity index (χ4v) is 2.47. The molecular formula is C18H17F2N3O4. The molecule has 0 saturated heterocycles. The number of ether oxygens (including phenoxy) is 3. The zero-order valence-corrected chi connectivity index (χ0v) is 15.1. The highest BCUT2D eigenvalue weighted by Gasteiger charge is 2.18. The van der Waals surface area contributed by atoms with Crippen molar-refractivity contribution in [2.75, 3.05) is 14.2 Å². The maximum absolute atomic E-state index is 12.6. The average Bonchev–Trinajstić information content (AvgIpc) is 2.61. The van der Waals surface area contributed by atoms with E-state index in [1.54, 1.807) is 19.9 Å². The first kappa shape index (κ1) is 19.9. The molecule has 0 fully saturated rings. The molecule has 1 aromatic carbocycles. The Bertz CT molecular complexity index is 953. The third kappa shape index (κ3) is 4.23. The minimum atomic E-state index is -3.05. The van der Waals surface area contributed by atoms with Gasteiger partial charge in [-0.25, -0.2) is 4.68 Å². The van der Waals surface area contributed by atoms with Crippen LogP contribution in [0.2, 0.25) is 0 Å². The smallest absolute Gasteiger partial charge is 0.387 e. The summed E-state index contributed by atoms with van der Waals surface area (Å²) in [7, 11) is 2.59. The summed E-state index contributed by atoms with van der Waals surface area (Å²) in [5.74, 6) is -0.217. The van der Waals surface area contributed by atoms with Crippen LogP contribution < -0.4 is 19.8 Å². The standard InChI is InChI=1S/C18H17F2N3O4/c1-10-5-11(2)23(17(24)13(10)8-21)22-9-12-6-14(25-3)16(27-18(19)20)15(7-12)26-4/h5-7,9,18H,1-4H3/b22-9-. The Labute approximate surface area is 154 Å². The number of pyridine rings is 1. The molecule has 1 aromatic heterocycles. The lowest BCUT2D eigenvalue weighted by Gasteiger charge is -2.14. The predicted octanol–water partition coefficient (Wildman–Crippen LogP) is 2.84. The maximum Gasteiger partial charge on any atom is 0.387 e. The third-order valence-corrected chi connectivity index (χ3v) is 3.68. The van der Waals surface area contributed by atoms with E-state index in [4.69, 9.17) is 14.7 Å². The Balaban J connectivity index is 2.53. The molecule has 0 amide bonds. The average molecular weight is 377 g/mol. The molecule has 0 spiro atoms. The molecule has 142 valence electrons. The van der Waals surface area contributed by atoms with Gasteiger partial charge in [0, 0.05) is 11.3 Å². The molecule has 7 nitrogen and oxygen atoms in total. The van der Waals surface area contributed by atoms with Gasteiger partial charge in [-0.3, -0.25) is 4.79 Å². The molecule has 0 aliphatic rings. The Morgan fingerprint density at radius 1 is 1.19 bits per heavy atom. The maximum atomic E-state index is 12.6. The number of alkyl halides is 2. The second-order valence-corrected chi connectivity index (χ2v) is 5.45. The summed E-state index contributed by atoms with van der Waals surface area (Å²) in [4.78, 5) is 12.4. The number of aryl methyl sites for hydroxylation is 2. The normalized spacial score (nSPS) is 10.9. The second-order valence-electron chi connectivity index (χ2n) is 5.45. The van der Waals surface area contributed by atoms with Crippen molar-refractivity contribution in [3.63, 3.8) is 0 Å². The minimum absolute atomic E-state index is 0.00593. The summed E-state index contributed by atoms with van der Waals surface area (Å²) in [6.45, 7) is 0.289. The Morgan fingerprint density at radius 2 is 1.78 bits per heavy atom. The lowest BCUT2D eigenvalue weighted by molar-refractivity contribution is -0.0526. The van der Waals surface area contributed by atoms with Crippen molar-refractivity contribution in [2.45, 2.75) is 20.5 Å². The van der Waals surface area contributed by atoms with Gasteiger partial charge >= 0.3 is 6.61 Å². The molecular weight excluding hydrogens is 360 g/mol. The molecule has 9 heteroatoms. The highest BCUT2D eigenvalue weighted by molar-refractivity contribution is 5.82. The molecule has 0 saturated carbocycles. The highest BCUT2D eigenvalue weighted by atomic mass is 19.3. The largest absolute Gasteiger partial charge is 0.493 e. The monoisotopic (exact) mass is 377 g/mol. The van der Waals surface area contributed by atoms with Crippen LogP contribution in [-0.2, 0) is 0 Å². The zero-order valence-electron chi connectivity index (χ0n) is 15.1. The summed E-state index contributed by atoms with van der Waals surface area (Å²) in [5, 5.41) is 13.2. The van der Waals surface area contributed by atoms with Crippen molar-refractivity contribution >= 4 is 6.21 Å². The summed E-state index contributed by atoms with van der Waals surface area (Å²) in [6, 6.07) is 6.33. The van der Waals surface area contributed by atoms with E-state index < -0.39 is 12.2 Å². The van der Waals surface area contributed by atoms with Crippen molar-refractivity contribution in [2.24, 2.45) is 5.10 Å². The van der Waals surface area contributed by atoms with Crippen LogP contribution in [-0.4, -0.2) is 31.7 Å². The predicted molar refractivity (Wildman–Crippen MR) is 94.1 cm³/mol. The minimum Gasteiger partial charge on any atom is -0.493 e. The van der Waals surface area contributed by atoms with E-state index in [9.17, 15) is 13.6 Å². The number of methoxy groups -OCH3 is 2. The molecule has 2 aromatic rings. The zero-order chi connectivity index (χ0) is 20.1. The highest BCUT2D eigenvalue weighted by Crippen LogP contribution is 2.39. The number of halogens is 2. The SMILES string of the molecule is COc1cc(/C=N\n2c(C)cc(C)c(C#N)c2=O)cc(OC)c1OC(F)F. The molecule has 0 unspecified atom stereocenters. The third-order valence-electron chi connectivity index (χ3n) is 3.68. The van der Waals surface area contributed by atoms with E-state index >= 15 is 0 Å². The van der Waals surface area contributed by atoms with E-state index in [2.05, 4.69) is 9.84 Å². The number of aromatic nitrogens is 1. The van der Waals surface area contributed by atoms with Gasteiger partial charge in [-0.15, -0.1) is 0 Å². The lowest BCUT2D eigenvalue weighted by Crippen LogP contribution is -2.22. The van der Waals surface area contributed by atoms with Crippen molar-refractivity contribution in [3.05, 3.63) is 50.9 Å². The van der Waals surface area contributed by atoms with Gasteiger partial charge in [-0.1, -0.05) is 0 Å². The summed E-state index contributed by atoms with van der Waals surface area (Å²) in [5.41, 5.74) is 0.944. The van der Waals surface area contributed by atoms with Gasteiger partial charge in [0.05, 0.1) is 20.4 Å². The van der Waals surface area contributed by atoms with Crippen LogP contribution in [0.25, 0.3) is 0 Å². The molecule has 2 rings (SSSR count). The number of hydrogen-bond acceptors (Lipinski definition) is 6. The van der Waals surface area contributed by atoms with Crippen LogP contribution in [0.1, 0.15) is 22.4 Å². The van der Waals surface area contributed by atoms with Crippen LogP contribution in [0, 0.1) is 25.2 Å². The molecule has 27 heavy (non-hydrogen) atoms. The van der Waals surface area contributed by atoms with E-state index in [0.717, 1.165) is 4.68 Å². The Kier molecular flexibility index (Phi) is 6.13. The van der Waals surface area contributed by atoms with Gasteiger partial charge in [0.15, 0.2) is 11.5 Å². The van der Waals surface area contributed by atoms with E-state index in [1.807, 2.05) is 6.07 Å². The Morgan fingerprint density at radius 3 is 2.26 bits per heavy atom. The molecule has 0 atom stereocenters. The molecule has 0 bridgehead atoms. The van der Waals surface area contributed by atoms with E-state index in [0.29, 0.717) is 16.8 Å². The first-order valence-corrected chi connectivity index (χ1v) is 7.70. The van der Waals surface area contributed by atoms with Crippen LogP contribution in [0.5, 0.6) is 17.2 Å². The number of hydrogen-bond donors (Lipinski definition) is 0. The van der Waals surface area contributed by atoms with Crippen molar-refractivity contribution < 1.29 is 23.0 Å². The quantitative estimate of drug-likeness (QED) is 0.723. The fourth-order valence-electron chi connectivity index (χ4n) is 2.47. The van der Waals surface area contributed by atoms with Crippen molar-refractivity contribution in [3.8, 4) is 23.3 Å². The van der Waals surface area contributed by atoms with Crippen LogP contribution in [0.4, 0.5) is 8.78 Å². The number of rotatable bonds is 6. The molecule has 0 N–H and O–H groups in total. The fraction of sp³-hybridized carbons (Fsp3) is 0.278. The first-order valence-electron chi connectivity index (χ1n) is 7.70. The summed E-state index contributed by atoms with van der Waals surface area (Å²) >= 11 is 0. The summed E-state index contributed by atoms with van der Waals surface area (Å²) in [6.07, 6.45) is 1.32. The number of nitriles is 1. The summed E-state index contributed by atoms with van der Waals surface area (Å²) < 4.78 is 40.8. The van der Waals surface area contributed by atoms with Crippen LogP contribution in [0.15, 0.2) is 28.1 Å². The van der Waals surface area contributed by atoms with Gasteiger partial charge < -0.3 is 14.2 Å². The lowest BCUT2D eigenvalue weighted by atomic mass is 10.1. The first-order chi connectivity index (χ1) is 12.8. The van der Waals surface area contributed by atoms with E-state index in [1.165, 1.54) is 32.6 Å². The van der Waals surface area contributed by atoms with Crippen LogP contribution >= 0.6 is 0 Å². The molecule has 1 heterocycles. The van der Waals surface area contributed by atoms with Gasteiger partial charge in [-0.2, -0.15) is 19.1 Å². The van der Waals surface area contributed by atoms with Gasteiger partial charge in [0.2, 0.25) is 5.75 Å². The van der Waals surface area contributed by atoms with Gasteiger partial charge in [0.1, 0.15) is 11.6 Å². The molecule has 0 aliphatic heterocycles. The topological polar surface area (TPSA) is 85.8 Å². The van der Waals surface area contributed by atoms with Crippen molar-refractivity contribution in [1.29, 1.82) is 5.26 Å². The van der Waals surface area contributed by atoms with E-state index in [-0.39, 0.29) is 22.8 Å². The number of nitrogens with zero attached hydrogens (tertiary/aromatic N) is 3. The number of benzene rings is 1. The van der Waals surface area contributed by atoms with Crippen molar-refractivity contribution in [1.82, 2.24) is 4.68 Å². The molecule has 0 radical (unpaired) electrons. The second kappa shape index (κ2) is 8.31.